The molecule has 2 N–H and O–H groups in total. The summed E-state index contributed by atoms with van der Waals surface area (Å²) in [6.45, 7) is 0. The van der Waals surface area contributed by atoms with Gasteiger partial charge in [-0.3, -0.25) is 4.79 Å². The van der Waals surface area contributed by atoms with Gasteiger partial charge in [0.1, 0.15) is 22.1 Å². The lowest BCUT2D eigenvalue weighted by Crippen LogP contribution is -2.13. The van der Waals surface area contributed by atoms with E-state index in [1.54, 1.807) is 36.4 Å². The summed E-state index contributed by atoms with van der Waals surface area (Å²) in [4.78, 5) is 12.2. The van der Waals surface area contributed by atoms with Gasteiger partial charge in [0.05, 0.1) is 10.6 Å². The number of carbonyl (C=O) groups excluding carboxylic acids is 1. The average Bonchev–Trinajstić information content (AvgIpc) is 2.65. The van der Waals surface area contributed by atoms with Crippen LogP contribution in [-0.2, 0) is 9.84 Å². The Morgan fingerprint density at radius 1 is 1.03 bits per heavy atom. The Hall–Kier alpha value is -2.74. The Labute approximate surface area is 177 Å². The van der Waals surface area contributed by atoms with Crippen LogP contribution < -0.4 is 10.1 Å². The highest BCUT2D eigenvalue weighted by Crippen LogP contribution is 2.33. The van der Waals surface area contributed by atoms with Crippen molar-refractivity contribution >= 4 is 44.6 Å². The normalized spacial score (nSPS) is 11.1. The van der Waals surface area contributed by atoms with E-state index in [2.05, 4.69) is 5.32 Å². The zero-order valence-electron chi connectivity index (χ0n) is 15.0. The number of ether oxygens (including phenoxy) is 1. The summed E-state index contributed by atoms with van der Waals surface area (Å²) in [5, 5.41) is 13.5. The molecule has 150 valence electrons. The molecule has 29 heavy (non-hydrogen) atoms. The molecule has 9 heteroatoms. The molecule has 3 aromatic rings. The number of anilines is 1. The minimum absolute atomic E-state index is 0.175. The van der Waals surface area contributed by atoms with Gasteiger partial charge < -0.3 is 15.2 Å². The van der Waals surface area contributed by atoms with Crippen LogP contribution in [0.25, 0.3) is 0 Å². The van der Waals surface area contributed by atoms with Gasteiger partial charge in [0.15, 0.2) is 9.84 Å². The summed E-state index contributed by atoms with van der Waals surface area (Å²) in [6, 6.07) is 15.2. The number of hydrogen-bond acceptors (Lipinski definition) is 5. The van der Waals surface area contributed by atoms with E-state index in [1.807, 2.05) is 0 Å². The Kier molecular flexibility index (Phi) is 6.02. The molecule has 1 amide bonds. The van der Waals surface area contributed by atoms with Gasteiger partial charge in [-0.1, -0.05) is 29.3 Å². The minimum atomic E-state index is -3.68. The molecule has 0 fully saturated rings. The van der Waals surface area contributed by atoms with E-state index in [0.717, 1.165) is 6.26 Å². The number of amides is 1. The number of carbonyl (C=O) groups is 1. The summed E-state index contributed by atoms with van der Waals surface area (Å²) >= 11 is 12.1. The van der Waals surface area contributed by atoms with Crippen molar-refractivity contribution in [2.75, 3.05) is 11.6 Å². The molecule has 0 bridgehead atoms. The highest BCUT2D eigenvalue weighted by atomic mass is 35.5. The maximum absolute atomic E-state index is 12.5. The van der Waals surface area contributed by atoms with Crippen molar-refractivity contribution < 1.29 is 23.1 Å². The fourth-order valence-electron chi connectivity index (χ4n) is 2.49. The number of halogens is 2. The maximum atomic E-state index is 12.5. The first kappa shape index (κ1) is 21.0. The van der Waals surface area contributed by atoms with Crippen LogP contribution in [0.4, 0.5) is 5.69 Å². The van der Waals surface area contributed by atoms with Crippen LogP contribution in [0.1, 0.15) is 10.4 Å². The first-order valence-corrected chi connectivity index (χ1v) is 10.9. The van der Waals surface area contributed by atoms with E-state index in [-0.39, 0.29) is 15.5 Å². The number of para-hydroxylation sites is 1. The predicted octanol–water partition coefficient (Wildman–Crippen LogP) is 5.15. The monoisotopic (exact) mass is 451 g/mol. The quantitative estimate of drug-likeness (QED) is 0.559. The molecular weight excluding hydrogens is 437 g/mol. The first-order valence-electron chi connectivity index (χ1n) is 8.21. The van der Waals surface area contributed by atoms with Crippen molar-refractivity contribution in [3.8, 4) is 17.2 Å². The fourth-order valence-corrected chi connectivity index (χ4v) is 3.63. The highest BCUT2D eigenvalue weighted by Gasteiger charge is 2.20. The van der Waals surface area contributed by atoms with Crippen molar-refractivity contribution in [1.82, 2.24) is 0 Å². The van der Waals surface area contributed by atoms with Crippen LogP contribution in [0, 0.1) is 0 Å². The second-order valence-corrected chi connectivity index (χ2v) is 8.91. The zero-order chi connectivity index (χ0) is 21.2. The van der Waals surface area contributed by atoms with Crippen molar-refractivity contribution in [2.45, 2.75) is 4.90 Å². The average molecular weight is 452 g/mol. The molecule has 3 rings (SSSR count). The number of sulfone groups is 1. The molecule has 0 spiro atoms. The number of phenols is 1. The zero-order valence-corrected chi connectivity index (χ0v) is 17.3. The summed E-state index contributed by atoms with van der Waals surface area (Å²) < 4.78 is 29.1. The molecule has 0 radical (unpaired) electrons. The lowest BCUT2D eigenvalue weighted by Gasteiger charge is -2.12. The molecule has 0 aliphatic rings. The van der Waals surface area contributed by atoms with E-state index >= 15 is 0 Å². The predicted molar refractivity (Wildman–Crippen MR) is 112 cm³/mol. The Morgan fingerprint density at radius 2 is 1.72 bits per heavy atom. The van der Waals surface area contributed by atoms with Gasteiger partial charge in [-0.25, -0.2) is 8.42 Å². The molecule has 6 nitrogen and oxygen atoms in total. The van der Waals surface area contributed by atoms with E-state index in [1.165, 1.54) is 24.3 Å². The summed E-state index contributed by atoms with van der Waals surface area (Å²) in [5.74, 6) is -0.388. The first-order chi connectivity index (χ1) is 13.6. The third kappa shape index (κ3) is 5.00. The van der Waals surface area contributed by atoms with Gasteiger partial charge in [0, 0.05) is 17.0 Å². The number of hydrogen-bond donors (Lipinski definition) is 2. The Bertz CT molecular complexity index is 1180. The maximum Gasteiger partial charge on any atom is 0.259 e. The second-order valence-electron chi connectivity index (χ2n) is 6.08. The van der Waals surface area contributed by atoms with Crippen molar-refractivity contribution in [1.29, 1.82) is 0 Å². The standard InChI is InChI=1S/C20H15Cl2NO5S/c1-29(26,27)18-4-2-3-15(19(18)24)20(25)23-13-7-10-17(16(22)11-13)28-14-8-5-12(21)6-9-14/h2-11,24H,1H3,(H,23,25). The van der Waals surface area contributed by atoms with Crippen LogP contribution in [0.5, 0.6) is 17.2 Å². The molecule has 0 heterocycles. The number of rotatable bonds is 5. The van der Waals surface area contributed by atoms with Crippen LogP contribution in [-0.4, -0.2) is 25.7 Å². The molecule has 0 aliphatic heterocycles. The largest absolute Gasteiger partial charge is 0.506 e. The number of benzene rings is 3. The van der Waals surface area contributed by atoms with Gasteiger partial charge >= 0.3 is 0 Å². The molecule has 3 aromatic carbocycles. The molecule has 0 saturated carbocycles. The van der Waals surface area contributed by atoms with Crippen molar-refractivity contribution in [3.63, 3.8) is 0 Å². The van der Waals surface area contributed by atoms with Crippen LogP contribution >= 0.6 is 23.2 Å². The van der Waals surface area contributed by atoms with E-state index in [0.29, 0.717) is 22.2 Å². The van der Waals surface area contributed by atoms with E-state index < -0.39 is 21.5 Å². The lowest BCUT2D eigenvalue weighted by atomic mass is 10.2. The van der Waals surface area contributed by atoms with Crippen LogP contribution in [0.15, 0.2) is 65.6 Å². The topological polar surface area (TPSA) is 92.7 Å². The Morgan fingerprint density at radius 3 is 2.34 bits per heavy atom. The molecular formula is C20H15Cl2NO5S. The molecule has 0 atom stereocenters. The van der Waals surface area contributed by atoms with E-state index in [9.17, 15) is 18.3 Å². The molecule has 0 aliphatic carbocycles. The third-order valence-corrected chi connectivity index (χ3v) is 5.55. The molecule has 0 unspecified atom stereocenters. The summed E-state index contributed by atoms with van der Waals surface area (Å²) in [5.41, 5.74) is 0.165. The van der Waals surface area contributed by atoms with Crippen molar-refractivity contribution in [3.05, 3.63) is 76.3 Å². The highest BCUT2D eigenvalue weighted by molar-refractivity contribution is 7.90. The third-order valence-electron chi connectivity index (χ3n) is 3.87. The molecule has 0 saturated heterocycles. The number of aromatic hydroxyl groups is 1. The smallest absolute Gasteiger partial charge is 0.259 e. The number of nitrogens with one attached hydrogen (secondary N) is 1. The van der Waals surface area contributed by atoms with Gasteiger partial charge in [-0.05, 0) is 54.6 Å². The lowest BCUT2D eigenvalue weighted by molar-refractivity contribution is 0.102. The Balaban J connectivity index is 1.80. The van der Waals surface area contributed by atoms with E-state index in [4.69, 9.17) is 27.9 Å². The molecule has 0 aromatic heterocycles. The number of phenolic OH excluding ortho intramolecular Hbond substituents is 1. The summed E-state index contributed by atoms with van der Waals surface area (Å²) in [6.07, 6.45) is 0.947. The van der Waals surface area contributed by atoms with Crippen LogP contribution in [0.3, 0.4) is 0 Å². The summed E-state index contributed by atoms with van der Waals surface area (Å²) in [7, 11) is -3.68. The SMILES string of the molecule is CS(=O)(=O)c1cccc(C(=O)Nc2ccc(Oc3ccc(Cl)cc3)c(Cl)c2)c1O. The minimum Gasteiger partial charge on any atom is -0.506 e. The van der Waals surface area contributed by atoms with Gasteiger partial charge in [0.2, 0.25) is 0 Å². The fraction of sp³-hybridized carbons (Fsp3) is 0.0500. The van der Waals surface area contributed by atoms with Gasteiger partial charge in [0.25, 0.3) is 5.91 Å². The van der Waals surface area contributed by atoms with Crippen molar-refractivity contribution in [2.24, 2.45) is 0 Å². The van der Waals surface area contributed by atoms with Crippen LogP contribution in [0.2, 0.25) is 10.0 Å². The van der Waals surface area contributed by atoms with Gasteiger partial charge in [-0.2, -0.15) is 0 Å². The van der Waals surface area contributed by atoms with Gasteiger partial charge in [-0.15, -0.1) is 0 Å². The second kappa shape index (κ2) is 8.32.